The lowest BCUT2D eigenvalue weighted by Gasteiger charge is -2.08. The molecule has 6 nitrogen and oxygen atoms in total. The monoisotopic (exact) mass is 466 g/mol. The average molecular weight is 467 g/mol. The molecule has 0 spiro atoms. The van der Waals surface area contributed by atoms with E-state index in [9.17, 15) is 4.39 Å². The summed E-state index contributed by atoms with van der Waals surface area (Å²) in [6.07, 6.45) is 13.7. The summed E-state index contributed by atoms with van der Waals surface area (Å²) in [7, 11) is 0. The minimum atomic E-state index is -0.364. The van der Waals surface area contributed by atoms with Gasteiger partial charge < -0.3 is 11.1 Å². The molecule has 0 unspecified atom stereocenters. The first-order chi connectivity index (χ1) is 17.2. The molecule has 5 rings (SSSR count). The molecule has 3 N–H and O–H groups in total. The summed E-state index contributed by atoms with van der Waals surface area (Å²) in [6.45, 7) is 0. The molecule has 3 heterocycles. The predicted octanol–water partition coefficient (Wildman–Crippen LogP) is 6.14. The van der Waals surface area contributed by atoms with E-state index in [1.807, 2.05) is 42.5 Å². The van der Waals surface area contributed by atoms with Gasteiger partial charge in [0.05, 0.1) is 11.3 Å². The van der Waals surface area contributed by atoms with Gasteiger partial charge in [0.1, 0.15) is 17.3 Å². The van der Waals surface area contributed by atoms with Gasteiger partial charge in [0, 0.05) is 35.9 Å². The Hall–Kier alpha value is -4.31. The second-order valence-corrected chi connectivity index (χ2v) is 8.14. The number of benzene rings is 1. The number of nitrogens with two attached hydrogens (primary N) is 1. The molecule has 1 aliphatic rings. The Morgan fingerprint density at radius 1 is 0.800 bits per heavy atom. The molecule has 0 saturated heterocycles. The molecule has 1 saturated carbocycles. The first-order valence-electron chi connectivity index (χ1n) is 11.7. The fraction of sp³-hybridized carbons (Fsp3) is 0.214. The normalized spacial score (nSPS) is 12.5. The van der Waals surface area contributed by atoms with E-state index >= 15 is 0 Å². The van der Waals surface area contributed by atoms with Gasteiger partial charge in [0.15, 0.2) is 0 Å². The lowest BCUT2D eigenvalue weighted by atomic mass is 10.0. The first-order valence-corrected chi connectivity index (χ1v) is 11.7. The maximum atomic E-state index is 13.2. The van der Waals surface area contributed by atoms with Gasteiger partial charge in [-0.1, -0.05) is 50.5 Å². The number of halogens is 1. The fourth-order valence-corrected chi connectivity index (χ4v) is 3.61. The molecule has 0 aliphatic heterocycles. The molecule has 0 amide bonds. The standard InChI is InChI=1S/C22H15FN6.C6H12/c23-16-10-12-25-18(13-16)9-6-15-4-7-17(8-5-15)28-22-27-14-19(21(24)29-22)20-3-1-2-11-26-20;1-2-4-6-5-3-1/h1-5,7-8,10-14H,(H3,24,27,28,29);1-6H2. The molecule has 0 bridgehead atoms. The Morgan fingerprint density at radius 2 is 1.54 bits per heavy atom. The Labute approximate surface area is 204 Å². The first kappa shape index (κ1) is 23.8. The van der Waals surface area contributed by atoms with E-state index in [4.69, 9.17) is 5.73 Å². The molecule has 1 aromatic carbocycles. The van der Waals surface area contributed by atoms with Crippen molar-refractivity contribution in [1.82, 2.24) is 19.9 Å². The highest BCUT2D eigenvalue weighted by Gasteiger charge is 2.07. The number of anilines is 3. The largest absolute Gasteiger partial charge is 0.383 e. The third kappa shape index (κ3) is 7.34. The molecular weight excluding hydrogens is 439 g/mol. The van der Waals surface area contributed by atoms with Crippen molar-refractivity contribution in [2.45, 2.75) is 38.5 Å². The topological polar surface area (TPSA) is 89.6 Å². The average Bonchev–Trinajstić information content (AvgIpc) is 2.90. The minimum absolute atomic E-state index is 0.339. The zero-order valence-electron chi connectivity index (χ0n) is 19.4. The Kier molecular flexibility index (Phi) is 8.33. The number of hydrogen-bond acceptors (Lipinski definition) is 6. The Bertz CT molecular complexity index is 1280. The smallest absolute Gasteiger partial charge is 0.229 e. The van der Waals surface area contributed by atoms with Crippen LogP contribution in [0.25, 0.3) is 11.3 Å². The van der Waals surface area contributed by atoms with Crippen molar-refractivity contribution in [1.29, 1.82) is 0 Å². The summed E-state index contributed by atoms with van der Waals surface area (Å²) >= 11 is 0. The van der Waals surface area contributed by atoms with Crippen LogP contribution < -0.4 is 11.1 Å². The van der Waals surface area contributed by atoms with Gasteiger partial charge in [-0.05, 0) is 48.4 Å². The van der Waals surface area contributed by atoms with Crippen LogP contribution in [-0.2, 0) is 0 Å². The SMILES string of the molecule is C1CCCCC1.Nc1nc(Nc2ccc(C#Cc3cc(F)ccn3)cc2)ncc1-c1ccccn1. The van der Waals surface area contributed by atoms with Crippen molar-refractivity contribution in [3.8, 4) is 23.1 Å². The van der Waals surface area contributed by atoms with Crippen LogP contribution in [0.1, 0.15) is 49.8 Å². The fourth-order valence-electron chi connectivity index (χ4n) is 3.61. The maximum Gasteiger partial charge on any atom is 0.229 e. The van der Waals surface area contributed by atoms with Crippen molar-refractivity contribution in [2.75, 3.05) is 11.1 Å². The van der Waals surface area contributed by atoms with Gasteiger partial charge in [-0.25, -0.2) is 14.4 Å². The van der Waals surface area contributed by atoms with Crippen LogP contribution in [0.2, 0.25) is 0 Å². The third-order valence-electron chi connectivity index (χ3n) is 5.46. The highest BCUT2D eigenvalue weighted by Crippen LogP contribution is 2.23. The zero-order chi connectivity index (χ0) is 24.3. The Morgan fingerprint density at radius 3 is 2.17 bits per heavy atom. The predicted molar refractivity (Wildman–Crippen MR) is 137 cm³/mol. The van der Waals surface area contributed by atoms with E-state index < -0.39 is 0 Å². The number of aromatic nitrogens is 4. The lowest BCUT2D eigenvalue weighted by Crippen LogP contribution is -2.02. The Balaban J connectivity index is 0.000000421. The highest BCUT2D eigenvalue weighted by molar-refractivity contribution is 5.71. The van der Waals surface area contributed by atoms with E-state index in [0.29, 0.717) is 28.7 Å². The van der Waals surface area contributed by atoms with E-state index in [-0.39, 0.29) is 5.82 Å². The van der Waals surface area contributed by atoms with Crippen molar-refractivity contribution >= 4 is 17.5 Å². The zero-order valence-corrected chi connectivity index (χ0v) is 19.4. The molecule has 1 fully saturated rings. The summed E-state index contributed by atoms with van der Waals surface area (Å²) in [5.41, 5.74) is 9.38. The summed E-state index contributed by atoms with van der Waals surface area (Å²) in [5.74, 6) is 6.14. The van der Waals surface area contributed by atoms with Gasteiger partial charge in [-0.3, -0.25) is 4.98 Å². The van der Waals surface area contributed by atoms with Crippen molar-refractivity contribution in [3.05, 3.63) is 90.3 Å². The molecule has 7 heteroatoms. The quantitative estimate of drug-likeness (QED) is 0.353. The van der Waals surface area contributed by atoms with Gasteiger partial charge in [-0.15, -0.1) is 0 Å². The second kappa shape index (κ2) is 12.2. The number of rotatable bonds is 3. The van der Waals surface area contributed by atoms with E-state index in [2.05, 4.69) is 37.1 Å². The third-order valence-corrected chi connectivity index (χ3v) is 5.46. The minimum Gasteiger partial charge on any atom is -0.383 e. The van der Waals surface area contributed by atoms with Crippen LogP contribution in [0.5, 0.6) is 0 Å². The van der Waals surface area contributed by atoms with E-state index in [1.165, 1.54) is 56.9 Å². The number of nitrogens with zero attached hydrogens (tertiary/aromatic N) is 4. The second-order valence-electron chi connectivity index (χ2n) is 8.14. The molecule has 0 atom stereocenters. The van der Waals surface area contributed by atoms with Crippen LogP contribution in [0.4, 0.5) is 21.8 Å². The molecule has 3 aromatic heterocycles. The van der Waals surface area contributed by atoms with E-state index in [0.717, 1.165) is 11.3 Å². The molecule has 4 aromatic rings. The van der Waals surface area contributed by atoms with Crippen molar-refractivity contribution in [3.63, 3.8) is 0 Å². The molecule has 1 aliphatic carbocycles. The van der Waals surface area contributed by atoms with Crippen LogP contribution in [0.3, 0.4) is 0 Å². The number of nitrogen functional groups attached to an aromatic ring is 1. The molecule has 35 heavy (non-hydrogen) atoms. The number of pyridine rings is 2. The summed E-state index contributed by atoms with van der Waals surface area (Å²) in [5, 5.41) is 3.10. The van der Waals surface area contributed by atoms with Gasteiger partial charge in [0.2, 0.25) is 5.95 Å². The van der Waals surface area contributed by atoms with Crippen LogP contribution >= 0.6 is 0 Å². The van der Waals surface area contributed by atoms with Crippen LogP contribution in [0, 0.1) is 17.7 Å². The summed E-state index contributed by atoms with van der Waals surface area (Å²) in [6, 6.07) is 15.5. The maximum absolute atomic E-state index is 13.2. The highest BCUT2D eigenvalue weighted by atomic mass is 19.1. The molecule has 176 valence electrons. The van der Waals surface area contributed by atoms with Gasteiger partial charge >= 0.3 is 0 Å². The lowest BCUT2D eigenvalue weighted by molar-refractivity contribution is 0.504. The van der Waals surface area contributed by atoms with Gasteiger partial charge in [0.25, 0.3) is 0 Å². The number of nitrogens with one attached hydrogen (secondary N) is 1. The van der Waals surface area contributed by atoms with E-state index in [1.54, 1.807) is 12.4 Å². The summed E-state index contributed by atoms with van der Waals surface area (Å²) < 4.78 is 13.2. The van der Waals surface area contributed by atoms with Crippen LogP contribution in [0.15, 0.2) is 73.2 Å². The molecule has 0 radical (unpaired) electrons. The van der Waals surface area contributed by atoms with Gasteiger partial charge in [-0.2, -0.15) is 4.98 Å². The van der Waals surface area contributed by atoms with Crippen molar-refractivity contribution in [2.24, 2.45) is 0 Å². The van der Waals surface area contributed by atoms with Crippen LogP contribution in [-0.4, -0.2) is 19.9 Å². The molecular formula is C28H27FN6. The van der Waals surface area contributed by atoms with Crippen molar-refractivity contribution < 1.29 is 4.39 Å². The number of hydrogen-bond donors (Lipinski definition) is 2. The summed E-state index contributed by atoms with van der Waals surface area (Å²) in [4.78, 5) is 16.9.